The fraction of sp³-hybridized carbons (Fsp3) is 1.00. The zero-order valence-electron chi connectivity index (χ0n) is 12.2. The quantitative estimate of drug-likeness (QED) is 0.293. The van der Waals surface area contributed by atoms with Crippen molar-refractivity contribution in [1.29, 1.82) is 0 Å². The summed E-state index contributed by atoms with van der Waals surface area (Å²) in [6.07, 6.45) is 14.9. The van der Waals surface area contributed by atoms with Gasteiger partial charge in [0.1, 0.15) is 0 Å². The Morgan fingerprint density at radius 2 is 0.941 bits per heavy atom. The van der Waals surface area contributed by atoms with E-state index in [-0.39, 0.29) is 0 Å². The van der Waals surface area contributed by atoms with Crippen molar-refractivity contribution in [3.63, 3.8) is 0 Å². The van der Waals surface area contributed by atoms with E-state index >= 15 is 0 Å². The largest absolute Gasteiger partial charge is 0.269 e. The molecule has 0 saturated carbocycles. The van der Waals surface area contributed by atoms with Gasteiger partial charge in [0.25, 0.3) is 0 Å². The van der Waals surface area contributed by atoms with E-state index in [1.165, 1.54) is 70.6 Å². The zero-order valence-corrected chi connectivity index (χ0v) is 12.2. The highest BCUT2D eigenvalue weighted by molar-refractivity contribution is 4.52. The van der Waals surface area contributed by atoms with E-state index in [0.717, 1.165) is 13.1 Å². The molecule has 0 aromatic rings. The second kappa shape index (κ2) is 14.0. The van der Waals surface area contributed by atoms with Crippen LogP contribution in [0, 0.1) is 0 Å². The van der Waals surface area contributed by atoms with Gasteiger partial charge in [-0.05, 0) is 12.8 Å². The summed E-state index contributed by atoms with van der Waals surface area (Å²) < 4.78 is 0. The van der Waals surface area contributed by atoms with E-state index in [1.54, 1.807) is 0 Å². The number of hydrogen-bond acceptors (Lipinski definition) is 2. The first kappa shape index (κ1) is 16.9. The molecule has 0 rings (SSSR count). The van der Waals surface area contributed by atoms with Gasteiger partial charge in [-0.1, -0.05) is 71.6 Å². The van der Waals surface area contributed by atoms with Crippen LogP contribution >= 0.6 is 0 Å². The van der Waals surface area contributed by atoms with Gasteiger partial charge < -0.3 is 0 Å². The maximum absolute atomic E-state index is 5.95. The van der Waals surface area contributed by atoms with Crippen LogP contribution in [-0.2, 0) is 0 Å². The van der Waals surface area contributed by atoms with E-state index in [2.05, 4.69) is 13.8 Å². The smallest absolute Gasteiger partial charge is 0.0128 e. The summed E-state index contributed by atoms with van der Waals surface area (Å²) in [6, 6.07) is 0. The van der Waals surface area contributed by atoms with Gasteiger partial charge in [0.15, 0.2) is 0 Å². The summed E-state index contributed by atoms with van der Waals surface area (Å²) in [7, 11) is 0. The van der Waals surface area contributed by atoms with Gasteiger partial charge in [0, 0.05) is 13.1 Å². The summed E-state index contributed by atoms with van der Waals surface area (Å²) in [6.45, 7) is 6.68. The Kier molecular flexibility index (Phi) is 13.9. The van der Waals surface area contributed by atoms with E-state index in [9.17, 15) is 0 Å². The summed E-state index contributed by atoms with van der Waals surface area (Å²) in [5.74, 6) is 5.95. The topological polar surface area (TPSA) is 29.3 Å². The maximum Gasteiger partial charge on any atom is 0.0128 e. The molecule has 0 saturated heterocycles. The molecule has 0 aromatic heterocycles. The van der Waals surface area contributed by atoms with Gasteiger partial charge in [-0.25, -0.2) is 5.01 Å². The summed E-state index contributed by atoms with van der Waals surface area (Å²) in [5.41, 5.74) is 0. The first-order valence-electron chi connectivity index (χ1n) is 7.80. The number of unbranched alkanes of at least 4 members (excludes halogenated alkanes) is 9. The number of hydrogen-bond donors (Lipinski definition) is 1. The molecular formula is C15H34N2. The van der Waals surface area contributed by atoms with Crippen molar-refractivity contribution in [1.82, 2.24) is 5.01 Å². The molecule has 0 aliphatic heterocycles. The van der Waals surface area contributed by atoms with Gasteiger partial charge in [0.2, 0.25) is 0 Å². The molecule has 0 heterocycles. The van der Waals surface area contributed by atoms with Crippen molar-refractivity contribution in [2.75, 3.05) is 13.1 Å². The molecule has 0 bridgehead atoms. The molecule has 2 nitrogen and oxygen atoms in total. The molecule has 0 aliphatic carbocycles. The van der Waals surface area contributed by atoms with Crippen LogP contribution in [0.4, 0.5) is 0 Å². The number of nitrogens with two attached hydrogens (primary N) is 1. The third-order valence-corrected chi connectivity index (χ3v) is 3.35. The molecule has 104 valence electrons. The first-order valence-corrected chi connectivity index (χ1v) is 7.80. The Hall–Kier alpha value is -0.0800. The molecule has 0 spiro atoms. The minimum Gasteiger partial charge on any atom is -0.269 e. The summed E-state index contributed by atoms with van der Waals surface area (Å²) in [5, 5.41) is 2.02. The molecular weight excluding hydrogens is 208 g/mol. The zero-order chi connectivity index (χ0) is 12.8. The third kappa shape index (κ3) is 13.9. The Bertz CT molecular complexity index is 137. The lowest BCUT2D eigenvalue weighted by atomic mass is 10.1. The van der Waals surface area contributed by atoms with Crippen LogP contribution in [0.25, 0.3) is 0 Å². The molecule has 17 heavy (non-hydrogen) atoms. The van der Waals surface area contributed by atoms with Crippen molar-refractivity contribution in [2.45, 2.75) is 84.5 Å². The van der Waals surface area contributed by atoms with Crippen molar-refractivity contribution in [3.8, 4) is 0 Å². The highest BCUT2D eigenvalue weighted by Crippen LogP contribution is 2.07. The highest BCUT2D eigenvalue weighted by Gasteiger charge is 1.98. The van der Waals surface area contributed by atoms with Gasteiger partial charge in [-0.2, -0.15) is 0 Å². The Labute approximate surface area is 109 Å². The van der Waals surface area contributed by atoms with Crippen LogP contribution in [0.15, 0.2) is 0 Å². The third-order valence-electron chi connectivity index (χ3n) is 3.35. The minimum atomic E-state index is 1.08. The minimum absolute atomic E-state index is 1.08. The van der Waals surface area contributed by atoms with Crippen LogP contribution in [0.1, 0.15) is 84.5 Å². The predicted octanol–water partition coefficient (Wildman–Crippen LogP) is 4.49. The lowest BCUT2D eigenvalue weighted by molar-refractivity contribution is 0.268. The Morgan fingerprint density at radius 1 is 0.588 bits per heavy atom. The lowest BCUT2D eigenvalue weighted by Crippen LogP contribution is -2.32. The van der Waals surface area contributed by atoms with Crippen LogP contribution < -0.4 is 5.84 Å². The lowest BCUT2D eigenvalue weighted by Gasteiger charge is -2.15. The van der Waals surface area contributed by atoms with Gasteiger partial charge in [-0.15, -0.1) is 0 Å². The molecule has 0 amide bonds. The SMILES string of the molecule is CCCCCCCCCN(N)CCCCCC. The second-order valence-corrected chi connectivity index (χ2v) is 5.22. The molecule has 0 aliphatic rings. The number of hydrazine groups is 1. The molecule has 0 atom stereocenters. The van der Waals surface area contributed by atoms with Crippen LogP contribution in [-0.4, -0.2) is 18.1 Å². The highest BCUT2D eigenvalue weighted by atomic mass is 15.4. The van der Waals surface area contributed by atoms with E-state index in [0.29, 0.717) is 0 Å². The van der Waals surface area contributed by atoms with Gasteiger partial charge in [0.05, 0.1) is 0 Å². The van der Waals surface area contributed by atoms with Crippen molar-refractivity contribution in [3.05, 3.63) is 0 Å². The molecule has 0 aromatic carbocycles. The average Bonchev–Trinajstić information content (AvgIpc) is 2.33. The second-order valence-electron chi connectivity index (χ2n) is 5.22. The molecule has 2 heteroatoms. The first-order chi connectivity index (χ1) is 8.31. The predicted molar refractivity (Wildman–Crippen MR) is 77.9 cm³/mol. The van der Waals surface area contributed by atoms with Crippen LogP contribution in [0.5, 0.6) is 0 Å². The fourth-order valence-electron chi connectivity index (χ4n) is 2.13. The average molecular weight is 242 g/mol. The van der Waals surface area contributed by atoms with Crippen LogP contribution in [0.3, 0.4) is 0 Å². The molecule has 0 unspecified atom stereocenters. The number of rotatable bonds is 13. The number of nitrogens with zero attached hydrogens (tertiary/aromatic N) is 1. The molecule has 2 N–H and O–H groups in total. The molecule has 0 fully saturated rings. The van der Waals surface area contributed by atoms with Crippen molar-refractivity contribution in [2.24, 2.45) is 5.84 Å². The standard InChI is InChI=1S/C15H34N2/c1-3-5-7-9-10-11-13-15-17(16)14-12-8-6-4-2/h3-16H2,1-2H3. The summed E-state index contributed by atoms with van der Waals surface area (Å²) in [4.78, 5) is 0. The monoisotopic (exact) mass is 242 g/mol. The Balaban J connectivity index is 3.08. The van der Waals surface area contributed by atoms with Crippen LogP contribution in [0.2, 0.25) is 0 Å². The maximum atomic E-state index is 5.95. The Morgan fingerprint density at radius 3 is 1.41 bits per heavy atom. The molecule has 0 radical (unpaired) electrons. The van der Waals surface area contributed by atoms with Crippen molar-refractivity contribution < 1.29 is 0 Å². The van der Waals surface area contributed by atoms with Gasteiger partial charge >= 0.3 is 0 Å². The van der Waals surface area contributed by atoms with Crippen molar-refractivity contribution >= 4 is 0 Å². The van der Waals surface area contributed by atoms with E-state index in [4.69, 9.17) is 5.84 Å². The fourth-order valence-corrected chi connectivity index (χ4v) is 2.13. The van der Waals surface area contributed by atoms with E-state index in [1.807, 2.05) is 5.01 Å². The van der Waals surface area contributed by atoms with E-state index < -0.39 is 0 Å². The van der Waals surface area contributed by atoms with Gasteiger partial charge in [-0.3, -0.25) is 5.84 Å². The summed E-state index contributed by atoms with van der Waals surface area (Å²) >= 11 is 0. The normalized spacial score (nSPS) is 11.3.